The molecule has 0 bridgehead atoms. The van der Waals surface area contributed by atoms with Gasteiger partial charge in [0.1, 0.15) is 6.04 Å². The van der Waals surface area contributed by atoms with Crippen molar-refractivity contribution in [3.63, 3.8) is 0 Å². The molecule has 0 aromatic carbocycles. The Bertz CT molecular complexity index is 408. The van der Waals surface area contributed by atoms with Crippen LogP contribution in [-0.4, -0.2) is 84.3 Å². The number of fused-ring (bicyclic) bond motifs is 1. The van der Waals surface area contributed by atoms with Crippen molar-refractivity contribution >= 4 is 17.7 Å². The molecule has 3 amide bonds. The molecular formula is C13H22N4O3. The van der Waals surface area contributed by atoms with Crippen LogP contribution in [0.4, 0.5) is 0 Å². The summed E-state index contributed by atoms with van der Waals surface area (Å²) < 4.78 is 0. The summed E-state index contributed by atoms with van der Waals surface area (Å²) in [6.07, 6.45) is 0. The van der Waals surface area contributed by atoms with E-state index >= 15 is 0 Å². The number of rotatable bonds is 4. The smallest absolute Gasteiger partial charge is 0.245 e. The van der Waals surface area contributed by atoms with Crippen LogP contribution in [0.3, 0.4) is 0 Å². The maximum atomic E-state index is 12.2. The van der Waals surface area contributed by atoms with Crippen LogP contribution in [0.25, 0.3) is 0 Å². The summed E-state index contributed by atoms with van der Waals surface area (Å²) in [6, 6.07) is -0.523. The maximum Gasteiger partial charge on any atom is 0.245 e. The zero-order valence-corrected chi connectivity index (χ0v) is 12.1. The first-order valence-corrected chi connectivity index (χ1v) is 7.14. The van der Waals surface area contributed by atoms with E-state index in [1.54, 1.807) is 9.80 Å². The predicted octanol–water partition coefficient (Wildman–Crippen LogP) is -1.50. The van der Waals surface area contributed by atoms with E-state index in [0.29, 0.717) is 26.2 Å². The summed E-state index contributed by atoms with van der Waals surface area (Å²) in [5.74, 6) is -0.199. The molecule has 0 aromatic rings. The number of carbonyl (C=O) groups is 3. The third kappa shape index (κ3) is 2.92. The molecule has 2 fully saturated rings. The van der Waals surface area contributed by atoms with Crippen molar-refractivity contribution in [3.05, 3.63) is 0 Å². The zero-order chi connectivity index (χ0) is 14.7. The van der Waals surface area contributed by atoms with Gasteiger partial charge in [-0.15, -0.1) is 0 Å². The Balaban J connectivity index is 1.97. The predicted molar refractivity (Wildman–Crippen MR) is 72.9 cm³/mol. The van der Waals surface area contributed by atoms with Gasteiger partial charge < -0.3 is 15.1 Å². The first-order valence-electron chi connectivity index (χ1n) is 7.14. The number of nitrogens with zero attached hydrogens (tertiary/aromatic N) is 3. The van der Waals surface area contributed by atoms with Gasteiger partial charge in [-0.25, -0.2) is 0 Å². The highest BCUT2D eigenvalue weighted by atomic mass is 16.2. The molecule has 7 nitrogen and oxygen atoms in total. The van der Waals surface area contributed by atoms with Crippen LogP contribution in [-0.2, 0) is 14.4 Å². The Hall–Kier alpha value is -1.63. The van der Waals surface area contributed by atoms with E-state index in [4.69, 9.17) is 0 Å². The minimum atomic E-state index is -0.523. The summed E-state index contributed by atoms with van der Waals surface area (Å²) in [4.78, 5) is 41.1. The van der Waals surface area contributed by atoms with Crippen LogP contribution in [0.1, 0.15) is 13.8 Å². The molecule has 0 aliphatic carbocycles. The van der Waals surface area contributed by atoms with Crippen LogP contribution in [0.15, 0.2) is 0 Å². The molecule has 0 aromatic heterocycles. The molecule has 1 N–H and O–H groups in total. The van der Waals surface area contributed by atoms with E-state index in [1.165, 1.54) is 0 Å². The standard InChI is InChI=1S/C13H22N4O3/c1-3-15(4-2)9-12(19)16-5-6-17-10(8-16)13(20)14-7-11(17)18/h10H,3-9H2,1-2H3,(H,14,20)/t10-/m0/s1. The number of hydrogen-bond acceptors (Lipinski definition) is 4. The second-order valence-electron chi connectivity index (χ2n) is 5.12. The molecule has 2 saturated heterocycles. The lowest BCUT2D eigenvalue weighted by atomic mass is 10.1. The van der Waals surface area contributed by atoms with Crippen LogP contribution >= 0.6 is 0 Å². The molecule has 1 atom stereocenters. The van der Waals surface area contributed by atoms with Crippen LogP contribution in [0, 0.1) is 0 Å². The molecule has 2 rings (SSSR count). The molecule has 0 unspecified atom stereocenters. The summed E-state index contributed by atoms with van der Waals surface area (Å²) >= 11 is 0. The summed E-state index contributed by atoms with van der Waals surface area (Å²) in [6.45, 7) is 7.38. The highest BCUT2D eigenvalue weighted by Gasteiger charge is 2.39. The summed E-state index contributed by atoms with van der Waals surface area (Å²) in [5, 5.41) is 2.58. The van der Waals surface area contributed by atoms with Crippen molar-refractivity contribution in [1.82, 2.24) is 20.0 Å². The van der Waals surface area contributed by atoms with Crippen LogP contribution < -0.4 is 5.32 Å². The van der Waals surface area contributed by atoms with Crippen molar-refractivity contribution in [2.75, 3.05) is 45.8 Å². The average molecular weight is 282 g/mol. The summed E-state index contributed by atoms with van der Waals surface area (Å²) in [7, 11) is 0. The fourth-order valence-electron chi connectivity index (χ4n) is 2.65. The molecule has 2 aliphatic rings. The minimum Gasteiger partial charge on any atom is -0.345 e. The Morgan fingerprint density at radius 1 is 1.30 bits per heavy atom. The number of carbonyl (C=O) groups excluding carboxylic acids is 3. The number of piperazine rings is 2. The molecular weight excluding hydrogens is 260 g/mol. The molecule has 0 spiro atoms. The third-order valence-electron chi connectivity index (χ3n) is 4.02. The van der Waals surface area contributed by atoms with E-state index in [2.05, 4.69) is 5.32 Å². The van der Waals surface area contributed by atoms with Crippen molar-refractivity contribution in [2.24, 2.45) is 0 Å². The number of amides is 3. The van der Waals surface area contributed by atoms with Gasteiger partial charge >= 0.3 is 0 Å². The number of likely N-dealkylation sites (N-methyl/N-ethyl adjacent to an activating group) is 1. The first-order chi connectivity index (χ1) is 9.56. The monoisotopic (exact) mass is 282 g/mol. The van der Waals surface area contributed by atoms with E-state index in [-0.39, 0.29) is 24.3 Å². The minimum absolute atomic E-state index is 0.0270. The second-order valence-corrected chi connectivity index (χ2v) is 5.12. The quantitative estimate of drug-likeness (QED) is 0.681. The van der Waals surface area contributed by atoms with Crippen molar-refractivity contribution < 1.29 is 14.4 Å². The van der Waals surface area contributed by atoms with Gasteiger partial charge in [-0.05, 0) is 13.1 Å². The van der Waals surface area contributed by atoms with Gasteiger partial charge in [0.05, 0.1) is 19.6 Å². The highest BCUT2D eigenvalue weighted by molar-refractivity contribution is 5.95. The Labute approximate surface area is 118 Å². The molecule has 7 heteroatoms. The molecule has 112 valence electrons. The van der Waals surface area contributed by atoms with E-state index < -0.39 is 6.04 Å². The van der Waals surface area contributed by atoms with Gasteiger partial charge in [0.15, 0.2) is 0 Å². The van der Waals surface area contributed by atoms with Gasteiger partial charge in [-0.1, -0.05) is 13.8 Å². The molecule has 2 heterocycles. The Kier molecular flexibility index (Phi) is 4.59. The Morgan fingerprint density at radius 2 is 2.00 bits per heavy atom. The Morgan fingerprint density at radius 3 is 2.65 bits per heavy atom. The van der Waals surface area contributed by atoms with Gasteiger partial charge in [-0.2, -0.15) is 0 Å². The SMILES string of the molecule is CCN(CC)CC(=O)N1CCN2C(=O)CNC(=O)[C@@H]2C1. The molecule has 2 aliphatic heterocycles. The summed E-state index contributed by atoms with van der Waals surface area (Å²) in [5.41, 5.74) is 0. The third-order valence-corrected chi connectivity index (χ3v) is 4.02. The first kappa shape index (κ1) is 14.8. The largest absolute Gasteiger partial charge is 0.345 e. The van der Waals surface area contributed by atoms with Crippen molar-refractivity contribution in [1.29, 1.82) is 0 Å². The lowest BCUT2D eigenvalue weighted by Gasteiger charge is -2.43. The van der Waals surface area contributed by atoms with Crippen molar-refractivity contribution in [2.45, 2.75) is 19.9 Å². The van der Waals surface area contributed by atoms with Gasteiger partial charge in [0, 0.05) is 13.1 Å². The lowest BCUT2D eigenvalue weighted by molar-refractivity contribution is -0.152. The fraction of sp³-hybridized carbons (Fsp3) is 0.769. The topological polar surface area (TPSA) is 73.0 Å². The van der Waals surface area contributed by atoms with E-state index in [9.17, 15) is 14.4 Å². The average Bonchev–Trinajstić information content (AvgIpc) is 2.48. The van der Waals surface area contributed by atoms with Gasteiger partial charge in [0.25, 0.3) is 0 Å². The van der Waals surface area contributed by atoms with Gasteiger partial charge in [-0.3, -0.25) is 19.3 Å². The van der Waals surface area contributed by atoms with E-state index in [0.717, 1.165) is 13.1 Å². The molecule has 20 heavy (non-hydrogen) atoms. The van der Waals surface area contributed by atoms with Crippen LogP contribution in [0.2, 0.25) is 0 Å². The van der Waals surface area contributed by atoms with E-state index in [1.807, 2.05) is 18.7 Å². The molecule has 0 radical (unpaired) electrons. The normalized spacial score (nSPS) is 22.9. The molecule has 0 saturated carbocycles. The fourth-order valence-corrected chi connectivity index (χ4v) is 2.65. The van der Waals surface area contributed by atoms with Crippen molar-refractivity contribution in [3.8, 4) is 0 Å². The lowest BCUT2D eigenvalue weighted by Crippen LogP contribution is -2.67. The second kappa shape index (κ2) is 6.21. The highest BCUT2D eigenvalue weighted by Crippen LogP contribution is 2.13. The number of hydrogen-bond donors (Lipinski definition) is 1. The number of nitrogens with one attached hydrogen (secondary N) is 1. The van der Waals surface area contributed by atoms with Gasteiger partial charge in [0.2, 0.25) is 17.7 Å². The van der Waals surface area contributed by atoms with Crippen LogP contribution in [0.5, 0.6) is 0 Å². The maximum absolute atomic E-state index is 12.2. The zero-order valence-electron chi connectivity index (χ0n) is 12.1.